The van der Waals surface area contributed by atoms with Gasteiger partial charge in [-0.1, -0.05) is 12.1 Å². The highest BCUT2D eigenvalue weighted by Gasteiger charge is 2.03. The molecule has 0 aliphatic rings. The lowest BCUT2D eigenvalue weighted by molar-refractivity contribution is 0.194. The fourth-order valence-corrected chi connectivity index (χ4v) is 1.59. The molecule has 0 radical (unpaired) electrons. The Bertz CT molecular complexity index is 533. The van der Waals surface area contributed by atoms with E-state index in [4.69, 9.17) is 10.8 Å². The summed E-state index contributed by atoms with van der Waals surface area (Å²) in [7, 11) is 0. The van der Waals surface area contributed by atoms with E-state index >= 15 is 0 Å². The zero-order valence-corrected chi connectivity index (χ0v) is 9.68. The molecule has 5 N–H and O–H groups in total. The number of carboxylic acid groups (broad SMARTS) is 1. The normalized spacial score (nSPS) is 10.2. The Morgan fingerprint density at radius 1 is 1.39 bits per heavy atom. The van der Waals surface area contributed by atoms with Gasteiger partial charge in [0.2, 0.25) is 0 Å². The minimum absolute atomic E-state index is 0.337. The highest BCUT2D eigenvalue weighted by molar-refractivity contribution is 5.64. The number of amides is 1. The molecule has 6 nitrogen and oxygen atoms in total. The van der Waals surface area contributed by atoms with E-state index in [9.17, 15) is 4.79 Å². The zero-order chi connectivity index (χ0) is 13.0. The number of anilines is 1. The lowest BCUT2D eigenvalue weighted by Crippen LogP contribution is -2.23. The van der Waals surface area contributed by atoms with Crippen LogP contribution < -0.4 is 11.1 Å². The van der Waals surface area contributed by atoms with Gasteiger partial charge in [0.25, 0.3) is 0 Å². The van der Waals surface area contributed by atoms with Crippen LogP contribution in [0.4, 0.5) is 10.5 Å². The quantitative estimate of drug-likeness (QED) is 0.613. The second-order valence-electron chi connectivity index (χ2n) is 3.85. The molecule has 1 amide bonds. The van der Waals surface area contributed by atoms with E-state index in [1.54, 1.807) is 6.20 Å². The van der Waals surface area contributed by atoms with E-state index < -0.39 is 6.09 Å². The van der Waals surface area contributed by atoms with Crippen molar-refractivity contribution in [2.24, 2.45) is 0 Å². The van der Waals surface area contributed by atoms with Gasteiger partial charge in [0.15, 0.2) is 0 Å². The van der Waals surface area contributed by atoms with Crippen molar-refractivity contribution in [1.82, 2.24) is 15.3 Å². The van der Waals surface area contributed by atoms with E-state index in [0.29, 0.717) is 18.7 Å². The molecular weight excluding hydrogens is 232 g/mol. The largest absolute Gasteiger partial charge is 0.465 e. The summed E-state index contributed by atoms with van der Waals surface area (Å²) in [6, 6.07) is 7.45. The number of aromatic nitrogens is 2. The molecule has 0 aliphatic carbocycles. The Morgan fingerprint density at radius 2 is 2.11 bits per heavy atom. The number of carbonyl (C=O) groups is 1. The summed E-state index contributed by atoms with van der Waals surface area (Å²) < 4.78 is 0. The van der Waals surface area contributed by atoms with E-state index in [2.05, 4.69) is 15.3 Å². The van der Waals surface area contributed by atoms with Gasteiger partial charge in [-0.15, -0.1) is 0 Å². The van der Waals surface area contributed by atoms with Crippen LogP contribution in [0.25, 0.3) is 11.3 Å². The van der Waals surface area contributed by atoms with Crippen LogP contribution in [-0.4, -0.2) is 27.7 Å². The van der Waals surface area contributed by atoms with Gasteiger partial charge in [-0.2, -0.15) is 0 Å². The summed E-state index contributed by atoms with van der Waals surface area (Å²) in [5, 5.41) is 10.7. The first-order valence-electron chi connectivity index (χ1n) is 5.52. The third kappa shape index (κ3) is 3.00. The molecule has 94 valence electrons. The predicted octanol–water partition coefficient (Wildman–Crippen LogP) is 1.47. The maximum atomic E-state index is 10.3. The van der Waals surface area contributed by atoms with E-state index in [0.717, 1.165) is 17.1 Å². The SMILES string of the molecule is Nc1ccc(-c2cnc(CCNC(=O)O)[nH]2)cc1. The molecule has 1 aromatic carbocycles. The molecule has 18 heavy (non-hydrogen) atoms. The lowest BCUT2D eigenvalue weighted by atomic mass is 10.1. The molecule has 0 saturated heterocycles. The number of aromatic amines is 1. The molecular formula is C12H14N4O2. The van der Waals surface area contributed by atoms with Crippen molar-refractivity contribution in [3.8, 4) is 11.3 Å². The summed E-state index contributed by atoms with van der Waals surface area (Å²) in [6.07, 6.45) is 1.23. The summed E-state index contributed by atoms with van der Waals surface area (Å²) in [5.41, 5.74) is 8.21. The van der Waals surface area contributed by atoms with Crippen LogP contribution in [0, 0.1) is 0 Å². The number of benzene rings is 1. The Kier molecular flexibility index (Phi) is 3.47. The van der Waals surface area contributed by atoms with Crippen molar-refractivity contribution in [3.05, 3.63) is 36.3 Å². The van der Waals surface area contributed by atoms with Crippen LogP contribution >= 0.6 is 0 Å². The zero-order valence-electron chi connectivity index (χ0n) is 9.68. The summed E-state index contributed by atoms with van der Waals surface area (Å²) in [6.45, 7) is 0.337. The molecule has 0 bridgehead atoms. The number of nitrogens with one attached hydrogen (secondary N) is 2. The number of imidazole rings is 1. The standard InChI is InChI=1S/C12H14N4O2/c13-9-3-1-8(2-4-9)10-7-15-11(16-10)5-6-14-12(17)18/h1-4,7,14H,5-6,13H2,(H,15,16)(H,17,18). The first-order valence-corrected chi connectivity index (χ1v) is 5.52. The van der Waals surface area contributed by atoms with Crippen LogP contribution in [0.1, 0.15) is 5.82 Å². The second-order valence-corrected chi connectivity index (χ2v) is 3.85. The van der Waals surface area contributed by atoms with Crippen molar-refractivity contribution < 1.29 is 9.90 Å². The summed E-state index contributed by atoms with van der Waals surface area (Å²) in [4.78, 5) is 17.6. The minimum Gasteiger partial charge on any atom is -0.465 e. The number of nitrogens with zero attached hydrogens (tertiary/aromatic N) is 1. The Labute approximate surface area is 104 Å². The first kappa shape index (κ1) is 12.0. The fraction of sp³-hybridized carbons (Fsp3) is 0.167. The van der Waals surface area contributed by atoms with Crippen molar-refractivity contribution >= 4 is 11.8 Å². The molecule has 0 spiro atoms. The molecule has 0 fully saturated rings. The van der Waals surface area contributed by atoms with Crippen molar-refractivity contribution in [2.45, 2.75) is 6.42 Å². The third-order valence-electron chi connectivity index (χ3n) is 2.49. The van der Waals surface area contributed by atoms with Gasteiger partial charge in [0, 0.05) is 18.7 Å². The van der Waals surface area contributed by atoms with Gasteiger partial charge in [0.1, 0.15) is 5.82 Å². The van der Waals surface area contributed by atoms with Crippen LogP contribution in [0.15, 0.2) is 30.5 Å². The van der Waals surface area contributed by atoms with Gasteiger partial charge in [-0.3, -0.25) is 0 Å². The van der Waals surface area contributed by atoms with Gasteiger partial charge in [-0.25, -0.2) is 9.78 Å². The van der Waals surface area contributed by atoms with Gasteiger partial charge >= 0.3 is 6.09 Å². The number of rotatable bonds is 4. The van der Waals surface area contributed by atoms with E-state index in [1.165, 1.54) is 0 Å². The number of hydrogen-bond acceptors (Lipinski definition) is 3. The number of nitrogen functional groups attached to an aromatic ring is 1. The predicted molar refractivity (Wildman–Crippen MR) is 68.2 cm³/mol. The number of H-pyrrole nitrogens is 1. The molecule has 1 heterocycles. The van der Waals surface area contributed by atoms with Crippen molar-refractivity contribution in [2.75, 3.05) is 12.3 Å². The third-order valence-corrected chi connectivity index (χ3v) is 2.49. The van der Waals surface area contributed by atoms with E-state index in [-0.39, 0.29) is 0 Å². The summed E-state index contributed by atoms with van der Waals surface area (Å²) in [5.74, 6) is 0.746. The van der Waals surface area contributed by atoms with Gasteiger partial charge in [0.05, 0.1) is 11.9 Å². The van der Waals surface area contributed by atoms with Crippen LogP contribution in [0.5, 0.6) is 0 Å². The average molecular weight is 246 g/mol. The van der Waals surface area contributed by atoms with Gasteiger partial charge < -0.3 is 21.1 Å². The fourth-order valence-electron chi connectivity index (χ4n) is 1.59. The molecule has 0 saturated carbocycles. The molecule has 2 rings (SSSR count). The van der Waals surface area contributed by atoms with Crippen molar-refractivity contribution in [1.29, 1.82) is 0 Å². The topological polar surface area (TPSA) is 104 Å². The molecule has 6 heteroatoms. The molecule has 0 atom stereocenters. The van der Waals surface area contributed by atoms with Crippen LogP contribution in [-0.2, 0) is 6.42 Å². The Balaban J connectivity index is 2.01. The minimum atomic E-state index is -1.03. The number of hydrogen-bond donors (Lipinski definition) is 4. The van der Waals surface area contributed by atoms with Crippen LogP contribution in [0.3, 0.4) is 0 Å². The van der Waals surface area contributed by atoms with E-state index in [1.807, 2.05) is 24.3 Å². The van der Waals surface area contributed by atoms with Crippen LogP contribution in [0.2, 0.25) is 0 Å². The first-order chi connectivity index (χ1) is 8.65. The maximum absolute atomic E-state index is 10.3. The molecule has 1 aromatic heterocycles. The molecule has 0 unspecified atom stereocenters. The second kappa shape index (κ2) is 5.22. The van der Waals surface area contributed by atoms with Crippen molar-refractivity contribution in [3.63, 3.8) is 0 Å². The monoisotopic (exact) mass is 246 g/mol. The summed E-state index contributed by atoms with van der Waals surface area (Å²) >= 11 is 0. The number of nitrogens with two attached hydrogens (primary N) is 1. The smallest absolute Gasteiger partial charge is 0.404 e. The lowest BCUT2D eigenvalue weighted by Gasteiger charge is -1.99. The Hall–Kier alpha value is -2.50. The highest BCUT2D eigenvalue weighted by atomic mass is 16.4. The average Bonchev–Trinajstić information content (AvgIpc) is 2.78. The maximum Gasteiger partial charge on any atom is 0.404 e. The highest BCUT2D eigenvalue weighted by Crippen LogP contribution is 2.18. The molecule has 2 aromatic rings. The van der Waals surface area contributed by atoms with Gasteiger partial charge in [-0.05, 0) is 17.7 Å². The Morgan fingerprint density at radius 3 is 2.78 bits per heavy atom. The molecule has 0 aliphatic heterocycles.